The quantitative estimate of drug-likeness (QED) is 0.534. The molecule has 3 rings (SSSR count). The Morgan fingerprint density at radius 2 is 0.974 bits per heavy atom. The third-order valence-electron chi connectivity index (χ3n) is 6.60. The van der Waals surface area contributed by atoms with E-state index < -0.39 is 0 Å². The van der Waals surface area contributed by atoms with Crippen LogP contribution >= 0.6 is 0 Å². The highest BCUT2D eigenvalue weighted by Crippen LogP contribution is 2.35. The lowest BCUT2D eigenvalue weighted by atomic mass is 10.1. The van der Waals surface area contributed by atoms with Crippen LogP contribution < -0.4 is 4.90 Å². The average molecular weight is 557 g/mol. The Morgan fingerprint density at radius 1 is 0.487 bits per heavy atom. The van der Waals surface area contributed by atoms with Gasteiger partial charge in [0.15, 0.2) is 0 Å². The first kappa shape index (κ1) is 31.8. The summed E-state index contributed by atoms with van der Waals surface area (Å²) in [5, 5.41) is 22.0. The minimum atomic E-state index is 0.122. The van der Waals surface area contributed by atoms with E-state index in [1.54, 1.807) is 12.1 Å². The first-order valence-electron chi connectivity index (χ1n) is 14.3. The Balaban J connectivity index is 1.61. The van der Waals surface area contributed by atoms with Gasteiger partial charge < -0.3 is 48.3 Å². The minimum Gasteiger partial charge on any atom is -0.508 e. The number of nitrogens with zero attached hydrogens (tertiary/aromatic N) is 2. The molecule has 0 saturated carbocycles. The number of phenolic OH excluding ortho intramolecular Hbond substituents is 2. The molecule has 0 aromatic heterocycles. The van der Waals surface area contributed by atoms with Crippen molar-refractivity contribution in [3.8, 4) is 11.5 Å². The summed E-state index contributed by atoms with van der Waals surface area (Å²) in [4.78, 5) is 4.23. The molecule has 2 aliphatic heterocycles. The molecule has 1 aromatic rings. The lowest BCUT2D eigenvalue weighted by Crippen LogP contribution is -2.32. The van der Waals surface area contributed by atoms with E-state index in [1.807, 2.05) is 4.90 Å². The van der Waals surface area contributed by atoms with Gasteiger partial charge >= 0.3 is 0 Å². The van der Waals surface area contributed by atoms with E-state index in [0.29, 0.717) is 117 Å². The smallest absolute Gasteiger partial charge is 0.139 e. The van der Waals surface area contributed by atoms with Crippen molar-refractivity contribution in [3.05, 3.63) is 17.7 Å². The van der Waals surface area contributed by atoms with Gasteiger partial charge in [0, 0.05) is 44.4 Å². The average Bonchev–Trinajstić information content (AvgIpc) is 2.95. The second-order valence-electron chi connectivity index (χ2n) is 9.58. The van der Waals surface area contributed by atoms with Crippen molar-refractivity contribution in [2.24, 2.45) is 0 Å². The predicted molar refractivity (Wildman–Crippen MR) is 147 cm³/mol. The minimum absolute atomic E-state index is 0.122. The zero-order valence-corrected chi connectivity index (χ0v) is 23.4. The van der Waals surface area contributed by atoms with Crippen molar-refractivity contribution in [3.63, 3.8) is 0 Å². The summed E-state index contributed by atoms with van der Waals surface area (Å²) in [6.45, 7) is 10.8. The molecular weight excluding hydrogens is 508 g/mol. The number of rotatable bonds is 3. The van der Waals surface area contributed by atoms with Crippen LogP contribution in [0.3, 0.4) is 0 Å². The molecule has 0 amide bonds. The van der Waals surface area contributed by atoms with Crippen LogP contribution in [0.2, 0.25) is 0 Å². The van der Waals surface area contributed by atoms with Crippen molar-refractivity contribution < 1.29 is 43.4 Å². The second kappa shape index (κ2) is 20.2. The molecular formula is C28H48N2O9. The molecule has 0 unspecified atom stereocenters. The van der Waals surface area contributed by atoms with Crippen molar-refractivity contribution in [2.45, 2.75) is 25.8 Å². The molecule has 11 nitrogen and oxygen atoms in total. The summed E-state index contributed by atoms with van der Waals surface area (Å²) in [5.74, 6) is 0.275. The van der Waals surface area contributed by atoms with Crippen LogP contribution in [0.15, 0.2) is 12.1 Å². The van der Waals surface area contributed by atoms with Gasteiger partial charge in [-0.05, 0) is 31.9 Å². The normalized spacial score (nSPS) is 22.2. The van der Waals surface area contributed by atoms with Gasteiger partial charge in [-0.2, -0.15) is 0 Å². The van der Waals surface area contributed by atoms with E-state index in [4.69, 9.17) is 33.2 Å². The van der Waals surface area contributed by atoms with E-state index in [2.05, 4.69) is 4.90 Å². The SMILES string of the molecule is Oc1cc(N2CCOCCOCCOCCOCC2)c(O)cc1CN1CCCCCOCCOCCOCC1. The van der Waals surface area contributed by atoms with Crippen LogP contribution in [-0.2, 0) is 39.7 Å². The molecule has 2 N–H and O–H groups in total. The van der Waals surface area contributed by atoms with Gasteiger partial charge in [-0.25, -0.2) is 0 Å². The Bertz CT molecular complexity index is 739. The van der Waals surface area contributed by atoms with Gasteiger partial charge in [0.1, 0.15) is 11.5 Å². The van der Waals surface area contributed by atoms with Crippen molar-refractivity contribution >= 4 is 5.69 Å². The highest BCUT2D eigenvalue weighted by molar-refractivity contribution is 5.63. The molecule has 39 heavy (non-hydrogen) atoms. The van der Waals surface area contributed by atoms with Gasteiger partial charge in [-0.1, -0.05) is 0 Å². The van der Waals surface area contributed by atoms with Crippen molar-refractivity contribution in [1.29, 1.82) is 0 Å². The Kier molecular flexibility index (Phi) is 16.5. The number of aromatic hydroxyl groups is 2. The Hall–Kier alpha value is -1.70. The number of ether oxygens (including phenoxy) is 7. The predicted octanol–water partition coefficient (Wildman–Crippen LogP) is 2.02. The molecule has 2 aliphatic rings. The van der Waals surface area contributed by atoms with Crippen molar-refractivity contribution in [1.82, 2.24) is 4.90 Å². The van der Waals surface area contributed by atoms with Crippen LogP contribution in [0.5, 0.6) is 11.5 Å². The van der Waals surface area contributed by atoms with Crippen molar-refractivity contribution in [2.75, 3.05) is 124 Å². The molecule has 0 aliphatic carbocycles. The summed E-state index contributed by atoms with van der Waals surface area (Å²) >= 11 is 0. The van der Waals surface area contributed by atoms with Crippen LogP contribution in [0, 0.1) is 0 Å². The first-order valence-corrected chi connectivity index (χ1v) is 14.3. The molecule has 2 saturated heterocycles. The Labute approximate surface area is 232 Å². The first-order chi connectivity index (χ1) is 19.2. The molecule has 224 valence electrons. The fourth-order valence-corrected chi connectivity index (χ4v) is 4.42. The van der Waals surface area contributed by atoms with Crippen LogP contribution in [0.25, 0.3) is 0 Å². The number of anilines is 1. The molecule has 11 heteroatoms. The number of benzene rings is 1. The van der Waals surface area contributed by atoms with E-state index in [0.717, 1.165) is 39.0 Å². The monoisotopic (exact) mass is 556 g/mol. The standard InChI is InChI=1S/C28H48N2O9/c31-27-23-26(30-6-10-35-14-18-38-20-21-39-19-15-36-11-7-30)28(32)22-25(27)24-29-4-2-1-3-8-33-12-16-37-17-13-34-9-5-29/h22-23,31-32H,1-21,24H2. The summed E-state index contributed by atoms with van der Waals surface area (Å²) in [6.07, 6.45) is 3.09. The maximum Gasteiger partial charge on any atom is 0.139 e. The molecule has 0 spiro atoms. The zero-order chi connectivity index (χ0) is 27.4. The Morgan fingerprint density at radius 3 is 1.54 bits per heavy atom. The second-order valence-corrected chi connectivity index (χ2v) is 9.58. The van der Waals surface area contributed by atoms with Crippen LogP contribution in [0.4, 0.5) is 5.69 Å². The lowest BCUT2D eigenvalue weighted by Gasteiger charge is -2.27. The van der Waals surface area contributed by atoms with Crippen LogP contribution in [0.1, 0.15) is 24.8 Å². The van der Waals surface area contributed by atoms with Gasteiger partial charge in [0.25, 0.3) is 0 Å². The van der Waals surface area contributed by atoms with Gasteiger partial charge in [-0.3, -0.25) is 4.90 Å². The highest BCUT2D eigenvalue weighted by Gasteiger charge is 2.17. The molecule has 2 fully saturated rings. The lowest BCUT2D eigenvalue weighted by molar-refractivity contribution is 0.00206. The number of hydrogen-bond donors (Lipinski definition) is 2. The topological polar surface area (TPSA) is 112 Å². The summed E-state index contributed by atoms with van der Waals surface area (Å²) in [5.41, 5.74) is 1.24. The zero-order valence-electron chi connectivity index (χ0n) is 23.4. The third-order valence-corrected chi connectivity index (χ3v) is 6.60. The summed E-state index contributed by atoms with van der Waals surface area (Å²) in [6, 6.07) is 3.31. The molecule has 1 aromatic carbocycles. The molecule has 0 atom stereocenters. The molecule has 2 heterocycles. The maximum atomic E-state index is 11.0. The number of hydrogen-bond acceptors (Lipinski definition) is 11. The van der Waals surface area contributed by atoms with Gasteiger partial charge in [-0.15, -0.1) is 0 Å². The number of phenols is 2. The van der Waals surface area contributed by atoms with E-state index in [1.165, 1.54) is 0 Å². The molecule has 0 bridgehead atoms. The van der Waals surface area contributed by atoms with E-state index in [9.17, 15) is 10.2 Å². The fraction of sp³-hybridized carbons (Fsp3) is 0.786. The highest BCUT2D eigenvalue weighted by atomic mass is 16.6. The van der Waals surface area contributed by atoms with E-state index in [-0.39, 0.29) is 11.5 Å². The largest absolute Gasteiger partial charge is 0.508 e. The molecule has 0 radical (unpaired) electrons. The van der Waals surface area contributed by atoms with Gasteiger partial charge in [0.2, 0.25) is 0 Å². The van der Waals surface area contributed by atoms with Gasteiger partial charge in [0.05, 0.1) is 91.6 Å². The third kappa shape index (κ3) is 13.5. The summed E-state index contributed by atoms with van der Waals surface area (Å²) in [7, 11) is 0. The van der Waals surface area contributed by atoms with Crippen LogP contribution in [-0.4, -0.2) is 134 Å². The maximum absolute atomic E-state index is 11.0. The van der Waals surface area contributed by atoms with E-state index >= 15 is 0 Å². The fourth-order valence-electron chi connectivity index (χ4n) is 4.42. The summed E-state index contributed by atoms with van der Waals surface area (Å²) < 4.78 is 39.3.